The number of rotatable bonds is 4. The highest BCUT2D eigenvalue weighted by molar-refractivity contribution is 5.78. The van der Waals surface area contributed by atoms with E-state index in [0.29, 0.717) is 18.5 Å². The Hall–Kier alpha value is -0.610. The summed E-state index contributed by atoms with van der Waals surface area (Å²) in [7, 11) is 0. The Balaban J connectivity index is 1.52. The Morgan fingerprint density at radius 3 is 2.40 bits per heavy atom. The summed E-state index contributed by atoms with van der Waals surface area (Å²) in [4.78, 5) is 17.2. The highest BCUT2D eigenvalue weighted by Gasteiger charge is 2.37. The van der Waals surface area contributed by atoms with Crippen LogP contribution in [0.4, 0.5) is 0 Å². The largest absolute Gasteiger partial charge is 0.339 e. The minimum absolute atomic E-state index is 0.368. The van der Waals surface area contributed by atoms with Gasteiger partial charge in [-0.05, 0) is 44.7 Å². The highest BCUT2D eigenvalue weighted by Crippen LogP contribution is 2.27. The van der Waals surface area contributed by atoms with Crippen LogP contribution >= 0.6 is 0 Å². The van der Waals surface area contributed by atoms with Gasteiger partial charge in [-0.3, -0.25) is 9.69 Å². The van der Waals surface area contributed by atoms with Gasteiger partial charge in [-0.15, -0.1) is 0 Å². The second-order valence-electron chi connectivity index (χ2n) is 6.84. The Labute approximate surface area is 122 Å². The van der Waals surface area contributed by atoms with Gasteiger partial charge in [0.1, 0.15) is 0 Å². The molecule has 1 saturated carbocycles. The van der Waals surface area contributed by atoms with Crippen LogP contribution in [0.15, 0.2) is 0 Å². The maximum absolute atomic E-state index is 12.6. The van der Waals surface area contributed by atoms with E-state index in [1.807, 2.05) is 0 Å². The first-order valence-electron chi connectivity index (χ1n) is 8.50. The minimum Gasteiger partial charge on any atom is -0.339 e. The van der Waals surface area contributed by atoms with Gasteiger partial charge in [0.15, 0.2) is 0 Å². The van der Waals surface area contributed by atoms with Crippen molar-refractivity contribution in [1.82, 2.24) is 15.1 Å². The van der Waals surface area contributed by atoms with E-state index >= 15 is 0 Å². The van der Waals surface area contributed by atoms with Crippen LogP contribution < -0.4 is 5.32 Å². The average Bonchev–Trinajstić information content (AvgIpc) is 3.01. The third kappa shape index (κ3) is 3.01. The number of nitrogens with zero attached hydrogens (tertiary/aromatic N) is 2. The molecular weight excluding hydrogens is 250 g/mol. The number of likely N-dealkylation sites (N-methyl/N-ethyl adjacent to an activating group) is 1. The van der Waals surface area contributed by atoms with Gasteiger partial charge < -0.3 is 10.2 Å². The fraction of sp³-hybridized carbons (Fsp3) is 0.938. The van der Waals surface area contributed by atoms with Crippen LogP contribution in [-0.2, 0) is 4.79 Å². The molecule has 20 heavy (non-hydrogen) atoms. The lowest BCUT2D eigenvalue weighted by molar-refractivity contribution is -0.135. The molecule has 0 spiro atoms. The van der Waals surface area contributed by atoms with Crippen LogP contribution in [0.3, 0.4) is 0 Å². The van der Waals surface area contributed by atoms with E-state index in [0.717, 1.165) is 44.6 Å². The maximum Gasteiger partial charge on any atom is 0.236 e. The van der Waals surface area contributed by atoms with Crippen molar-refractivity contribution in [2.45, 2.75) is 45.1 Å². The van der Waals surface area contributed by atoms with Gasteiger partial charge in [0, 0.05) is 25.7 Å². The molecule has 1 amide bonds. The van der Waals surface area contributed by atoms with Crippen LogP contribution in [0.1, 0.15) is 39.0 Å². The van der Waals surface area contributed by atoms with Crippen molar-refractivity contribution in [1.29, 1.82) is 0 Å². The molecule has 3 rings (SSSR count). The number of hydrogen-bond donors (Lipinski definition) is 1. The minimum atomic E-state index is 0.368. The maximum atomic E-state index is 12.6. The SMILES string of the molecule is CCN(C(=O)CN1C[C@H]2CNC[C@H]2C1)C1CCCCC1. The highest BCUT2D eigenvalue weighted by atomic mass is 16.2. The molecule has 4 nitrogen and oxygen atoms in total. The Morgan fingerprint density at radius 2 is 1.80 bits per heavy atom. The molecule has 0 radical (unpaired) electrons. The molecule has 2 aliphatic heterocycles. The lowest BCUT2D eigenvalue weighted by Gasteiger charge is -2.34. The zero-order valence-corrected chi connectivity index (χ0v) is 12.8. The van der Waals surface area contributed by atoms with Gasteiger partial charge in [-0.2, -0.15) is 0 Å². The topological polar surface area (TPSA) is 35.6 Å². The van der Waals surface area contributed by atoms with Crippen molar-refractivity contribution >= 4 is 5.91 Å². The number of hydrogen-bond acceptors (Lipinski definition) is 3. The lowest BCUT2D eigenvalue weighted by Crippen LogP contribution is -2.46. The van der Waals surface area contributed by atoms with E-state index in [1.165, 1.54) is 32.1 Å². The van der Waals surface area contributed by atoms with Gasteiger partial charge in [-0.25, -0.2) is 0 Å². The van der Waals surface area contributed by atoms with Crippen molar-refractivity contribution in [3.05, 3.63) is 0 Å². The van der Waals surface area contributed by atoms with Crippen LogP contribution in [0.5, 0.6) is 0 Å². The third-order valence-electron chi connectivity index (χ3n) is 5.50. The number of fused-ring (bicyclic) bond motifs is 1. The van der Waals surface area contributed by atoms with Crippen LogP contribution in [0, 0.1) is 11.8 Å². The molecule has 2 atom stereocenters. The molecule has 0 aromatic carbocycles. The van der Waals surface area contributed by atoms with E-state index < -0.39 is 0 Å². The van der Waals surface area contributed by atoms with Crippen LogP contribution in [0.25, 0.3) is 0 Å². The molecule has 0 aromatic rings. The molecule has 3 fully saturated rings. The van der Waals surface area contributed by atoms with E-state index in [1.54, 1.807) is 0 Å². The fourth-order valence-corrected chi connectivity index (χ4v) is 4.39. The number of amides is 1. The monoisotopic (exact) mass is 279 g/mol. The zero-order valence-electron chi connectivity index (χ0n) is 12.8. The first-order valence-corrected chi connectivity index (χ1v) is 8.50. The Kier molecular flexibility index (Phi) is 4.61. The predicted molar refractivity (Wildman–Crippen MR) is 80.5 cm³/mol. The van der Waals surface area contributed by atoms with E-state index in [-0.39, 0.29) is 0 Å². The summed E-state index contributed by atoms with van der Waals surface area (Å²) in [5, 5.41) is 3.46. The summed E-state index contributed by atoms with van der Waals surface area (Å²) in [5.41, 5.74) is 0. The van der Waals surface area contributed by atoms with E-state index in [9.17, 15) is 4.79 Å². The summed E-state index contributed by atoms with van der Waals surface area (Å²) >= 11 is 0. The van der Waals surface area contributed by atoms with Gasteiger partial charge in [0.2, 0.25) is 5.91 Å². The Bertz CT molecular complexity index is 329. The number of nitrogens with one attached hydrogen (secondary N) is 1. The zero-order chi connectivity index (χ0) is 13.9. The summed E-state index contributed by atoms with van der Waals surface area (Å²) in [5.74, 6) is 1.94. The van der Waals surface area contributed by atoms with Crippen molar-refractivity contribution in [2.24, 2.45) is 11.8 Å². The quantitative estimate of drug-likeness (QED) is 0.843. The summed E-state index contributed by atoms with van der Waals surface area (Å²) in [6, 6.07) is 0.519. The molecule has 4 heteroatoms. The summed E-state index contributed by atoms with van der Waals surface area (Å²) < 4.78 is 0. The molecule has 3 aliphatic rings. The first kappa shape index (κ1) is 14.3. The van der Waals surface area contributed by atoms with Crippen molar-refractivity contribution in [3.8, 4) is 0 Å². The molecular formula is C16H29N3O. The van der Waals surface area contributed by atoms with Gasteiger partial charge in [0.05, 0.1) is 6.54 Å². The molecule has 114 valence electrons. The predicted octanol–water partition coefficient (Wildman–Crippen LogP) is 1.32. The first-order chi connectivity index (χ1) is 9.78. The second-order valence-corrected chi connectivity index (χ2v) is 6.84. The molecule has 1 aliphatic carbocycles. The van der Waals surface area contributed by atoms with Gasteiger partial charge in [0.25, 0.3) is 0 Å². The van der Waals surface area contributed by atoms with Crippen molar-refractivity contribution < 1.29 is 4.79 Å². The Morgan fingerprint density at radius 1 is 1.15 bits per heavy atom. The van der Waals surface area contributed by atoms with Crippen LogP contribution in [0.2, 0.25) is 0 Å². The molecule has 2 saturated heterocycles. The van der Waals surface area contributed by atoms with E-state index in [4.69, 9.17) is 0 Å². The second kappa shape index (κ2) is 6.44. The standard InChI is InChI=1S/C16H29N3O/c1-2-19(15-6-4-3-5-7-15)16(20)12-18-10-13-8-17-9-14(13)11-18/h13-15,17H,2-12H2,1H3/t13-,14+. The smallest absolute Gasteiger partial charge is 0.236 e. The third-order valence-corrected chi connectivity index (χ3v) is 5.50. The van der Waals surface area contributed by atoms with Crippen molar-refractivity contribution in [3.63, 3.8) is 0 Å². The normalized spacial score (nSPS) is 31.4. The number of carbonyl (C=O) groups is 1. The molecule has 0 aromatic heterocycles. The summed E-state index contributed by atoms with van der Waals surface area (Å²) in [6.07, 6.45) is 6.39. The number of likely N-dealkylation sites (tertiary alicyclic amines) is 1. The van der Waals surface area contributed by atoms with Gasteiger partial charge in [-0.1, -0.05) is 19.3 Å². The number of carbonyl (C=O) groups excluding carboxylic acids is 1. The lowest BCUT2D eigenvalue weighted by atomic mass is 9.94. The fourth-order valence-electron chi connectivity index (χ4n) is 4.39. The average molecular weight is 279 g/mol. The molecule has 2 heterocycles. The van der Waals surface area contributed by atoms with Crippen molar-refractivity contribution in [2.75, 3.05) is 39.3 Å². The van der Waals surface area contributed by atoms with Crippen LogP contribution in [-0.4, -0.2) is 61.0 Å². The molecule has 0 bridgehead atoms. The van der Waals surface area contributed by atoms with Gasteiger partial charge >= 0.3 is 0 Å². The van der Waals surface area contributed by atoms with E-state index in [2.05, 4.69) is 22.0 Å². The molecule has 0 unspecified atom stereocenters. The summed E-state index contributed by atoms with van der Waals surface area (Å²) in [6.45, 7) is 8.19. The molecule has 1 N–H and O–H groups in total.